The number of nitrogens with one attached hydrogen (secondary N) is 1. The Hall–Kier alpha value is -1.80. The number of hydrogen-bond donors (Lipinski definition) is 1. The van der Waals surface area contributed by atoms with Crippen LogP contribution in [0.25, 0.3) is 0 Å². The van der Waals surface area contributed by atoms with Crippen molar-refractivity contribution >= 4 is 23.2 Å². The highest BCUT2D eigenvalue weighted by Crippen LogP contribution is 2.15. The van der Waals surface area contributed by atoms with Gasteiger partial charge in [-0.05, 0) is 54.8 Å². The molecule has 0 aliphatic heterocycles. The molecule has 1 N–H and O–H groups in total. The maximum atomic E-state index is 12.1. The number of halogens is 1. The van der Waals surface area contributed by atoms with Crippen molar-refractivity contribution in [1.29, 1.82) is 0 Å². The van der Waals surface area contributed by atoms with Gasteiger partial charge < -0.3 is 5.32 Å². The molecule has 0 radical (unpaired) electrons. The third-order valence-corrected chi connectivity index (χ3v) is 3.39. The zero-order valence-corrected chi connectivity index (χ0v) is 12.3. The molecule has 1 amide bonds. The summed E-state index contributed by atoms with van der Waals surface area (Å²) in [6, 6.07) is 14.9. The van der Waals surface area contributed by atoms with Crippen molar-refractivity contribution in [2.24, 2.45) is 0 Å². The van der Waals surface area contributed by atoms with Crippen molar-refractivity contribution in [3.63, 3.8) is 0 Å². The number of rotatable bonds is 5. The van der Waals surface area contributed by atoms with Gasteiger partial charge in [-0.15, -0.1) is 0 Å². The van der Waals surface area contributed by atoms with Crippen molar-refractivity contribution in [3.8, 4) is 0 Å². The third kappa shape index (κ3) is 4.10. The molecule has 0 aliphatic carbocycles. The molecule has 0 spiro atoms. The quantitative estimate of drug-likeness (QED) is 0.829. The molecule has 0 saturated heterocycles. The second-order valence-electron chi connectivity index (χ2n) is 4.76. The molecular formula is C17H18ClNO. The number of carbonyl (C=O) groups is 1. The van der Waals surface area contributed by atoms with Crippen LogP contribution in [-0.2, 0) is 6.42 Å². The molecular weight excluding hydrogens is 270 g/mol. The van der Waals surface area contributed by atoms with Crippen molar-refractivity contribution < 1.29 is 4.79 Å². The summed E-state index contributed by atoms with van der Waals surface area (Å²) in [6.45, 7) is 2.17. The lowest BCUT2D eigenvalue weighted by Gasteiger charge is -2.06. The number of unbranched alkanes of at least 4 members (excludes halogenated alkanes) is 1. The Bertz CT molecular complexity index is 561. The van der Waals surface area contributed by atoms with Crippen LogP contribution in [0.2, 0.25) is 5.02 Å². The Balaban J connectivity index is 2.00. The fourth-order valence-corrected chi connectivity index (χ4v) is 2.07. The summed E-state index contributed by atoms with van der Waals surface area (Å²) in [4.78, 5) is 12.1. The van der Waals surface area contributed by atoms with E-state index in [2.05, 4.69) is 12.2 Å². The van der Waals surface area contributed by atoms with E-state index in [-0.39, 0.29) is 5.91 Å². The van der Waals surface area contributed by atoms with Gasteiger partial charge in [0.15, 0.2) is 0 Å². The van der Waals surface area contributed by atoms with Gasteiger partial charge in [-0.2, -0.15) is 0 Å². The summed E-state index contributed by atoms with van der Waals surface area (Å²) in [5.74, 6) is -0.102. The lowest BCUT2D eigenvalue weighted by atomic mass is 10.1. The molecule has 2 rings (SSSR count). The second kappa shape index (κ2) is 7.11. The van der Waals surface area contributed by atoms with Crippen LogP contribution in [0.3, 0.4) is 0 Å². The molecule has 0 aromatic heterocycles. The van der Waals surface area contributed by atoms with Crippen LogP contribution < -0.4 is 5.32 Å². The van der Waals surface area contributed by atoms with Crippen molar-refractivity contribution in [3.05, 3.63) is 64.7 Å². The second-order valence-corrected chi connectivity index (χ2v) is 5.20. The summed E-state index contributed by atoms with van der Waals surface area (Å²) in [7, 11) is 0. The first-order valence-corrected chi connectivity index (χ1v) is 7.22. The average Bonchev–Trinajstić information content (AvgIpc) is 2.48. The average molecular weight is 288 g/mol. The highest BCUT2D eigenvalue weighted by Gasteiger charge is 2.05. The van der Waals surface area contributed by atoms with Gasteiger partial charge in [-0.3, -0.25) is 4.79 Å². The lowest BCUT2D eigenvalue weighted by molar-refractivity contribution is 0.102. The standard InChI is InChI=1S/C17H18ClNO/c1-2-3-4-13-5-7-14(8-6-13)17(20)19-16-11-9-15(18)10-12-16/h5-12H,2-4H2,1H3,(H,19,20). The summed E-state index contributed by atoms with van der Waals surface area (Å²) in [6.07, 6.45) is 3.42. The minimum atomic E-state index is -0.102. The first-order chi connectivity index (χ1) is 9.69. The zero-order chi connectivity index (χ0) is 14.4. The molecule has 2 nitrogen and oxygen atoms in total. The van der Waals surface area contributed by atoms with E-state index in [0.29, 0.717) is 10.6 Å². The highest BCUT2D eigenvalue weighted by atomic mass is 35.5. The molecule has 0 unspecified atom stereocenters. The van der Waals surface area contributed by atoms with Crippen molar-refractivity contribution in [2.75, 3.05) is 5.32 Å². The first-order valence-electron chi connectivity index (χ1n) is 6.85. The van der Waals surface area contributed by atoms with Gasteiger partial charge in [-0.25, -0.2) is 0 Å². The van der Waals surface area contributed by atoms with Crippen LogP contribution in [0.15, 0.2) is 48.5 Å². The van der Waals surface area contributed by atoms with Gasteiger partial charge in [0.05, 0.1) is 0 Å². The van der Waals surface area contributed by atoms with Crippen molar-refractivity contribution in [2.45, 2.75) is 26.2 Å². The summed E-state index contributed by atoms with van der Waals surface area (Å²) in [5, 5.41) is 3.51. The van der Waals surface area contributed by atoms with E-state index in [9.17, 15) is 4.79 Å². The highest BCUT2D eigenvalue weighted by molar-refractivity contribution is 6.30. The Kier molecular flexibility index (Phi) is 5.19. The van der Waals surface area contributed by atoms with Gasteiger partial charge in [0.2, 0.25) is 0 Å². The molecule has 0 aliphatic rings. The smallest absolute Gasteiger partial charge is 0.255 e. The Morgan fingerprint density at radius 2 is 1.70 bits per heavy atom. The lowest BCUT2D eigenvalue weighted by Crippen LogP contribution is -2.11. The van der Waals surface area contributed by atoms with Gasteiger partial charge >= 0.3 is 0 Å². The first kappa shape index (κ1) is 14.6. The number of anilines is 1. The van der Waals surface area contributed by atoms with Gasteiger partial charge in [0, 0.05) is 16.3 Å². The number of aryl methyl sites for hydroxylation is 1. The van der Waals surface area contributed by atoms with Crippen LogP contribution >= 0.6 is 11.6 Å². The molecule has 2 aromatic carbocycles. The molecule has 2 aromatic rings. The molecule has 3 heteroatoms. The molecule has 0 saturated carbocycles. The van der Waals surface area contributed by atoms with E-state index in [1.165, 1.54) is 18.4 Å². The largest absolute Gasteiger partial charge is 0.322 e. The molecule has 0 fully saturated rings. The van der Waals surface area contributed by atoms with Gasteiger partial charge in [0.1, 0.15) is 0 Å². The van der Waals surface area contributed by atoms with E-state index in [4.69, 9.17) is 11.6 Å². The molecule has 0 heterocycles. The minimum Gasteiger partial charge on any atom is -0.322 e. The SMILES string of the molecule is CCCCc1ccc(C(=O)Nc2ccc(Cl)cc2)cc1. The van der Waals surface area contributed by atoms with E-state index in [1.54, 1.807) is 24.3 Å². The predicted octanol–water partition coefficient (Wildman–Crippen LogP) is 4.93. The van der Waals surface area contributed by atoms with E-state index in [0.717, 1.165) is 12.1 Å². The molecule has 20 heavy (non-hydrogen) atoms. The Morgan fingerprint density at radius 1 is 1.05 bits per heavy atom. The van der Waals surface area contributed by atoms with E-state index in [1.807, 2.05) is 24.3 Å². The van der Waals surface area contributed by atoms with Crippen LogP contribution in [0.1, 0.15) is 35.7 Å². The monoisotopic (exact) mass is 287 g/mol. The topological polar surface area (TPSA) is 29.1 Å². The minimum absolute atomic E-state index is 0.102. The fraction of sp³-hybridized carbons (Fsp3) is 0.235. The number of hydrogen-bond acceptors (Lipinski definition) is 1. The predicted molar refractivity (Wildman–Crippen MR) is 84.5 cm³/mol. The fourth-order valence-electron chi connectivity index (χ4n) is 1.94. The molecule has 0 atom stereocenters. The van der Waals surface area contributed by atoms with Crippen molar-refractivity contribution in [1.82, 2.24) is 0 Å². The number of benzene rings is 2. The summed E-state index contributed by atoms with van der Waals surface area (Å²) >= 11 is 5.81. The van der Waals surface area contributed by atoms with Gasteiger partial charge in [-0.1, -0.05) is 37.1 Å². The molecule has 0 bridgehead atoms. The van der Waals surface area contributed by atoms with Crippen LogP contribution in [-0.4, -0.2) is 5.91 Å². The van der Waals surface area contributed by atoms with Gasteiger partial charge in [0.25, 0.3) is 5.91 Å². The Labute approximate surface area is 124 Å². The third-order valence-electron chi connectivity index (χ3n) is 3.14. The Morgan fingerprint density at radius 3 is 2.30 bits per heavy atom. The van der Waals surface area contributed by atoms with Crippen LogP contribution in [0, 0.1) is 0 Å². The molecule has 104 valence electrons. The summed E-state index contributed by atoms with van der Waals surface area (Å²) < 4.78 is 0. The zero-order valence-electron chi connectivity index (χ0n) is 11.5. The van der Waals surface area contributed by atoms with Crippen LogP contribution in [0.4, 0.5) is 5.69 Å². The van der Waals surface area contributed by atoms with E-state index >= 15 is 0 Å². The maximum Gasteiger partial charge on any atom is 0.255 e. The van der Waals surface area contributed by atoms with Crippen LogP contribution in [0.5, 0.6) is 0 Å². The normalized spacial score (nSPS) is 10.3. The number of amides is 1. The van der Waals surface area contributed by atoms with E-state index < -0.39 is 0 Å². The summed E-state index contributed by atoms with van der Waals surface area (Å²) in [5.41, 5.74) is 2.68. The number of carbonyl (C=O) groups excluding carboxylic acids is 1. The maximum absolute atomic E-state index is 12.1.